The lowest BCUT2D eigenvalue weighted by molar-refractivity contribution is -0.150. The number of ether oxygens (including phenoxy) is 2. The predicted octanol–water partition coefficient (Wildman–Crippen LogP) is 3.32. The van der Waals surface area contributed by atoms with Gasteiger partial charge in [-0.1, -0.05) is 13.8 Å². The van der Waals surface area contributed by atoms with E-state index >= 15 is 0 Å². The van der Waals surface area contributed by atoms with Crippen LogP contribution in [-0.4, -0.2) is 79.7 Å². The molecule has 1 aromatic carbocycles. The predicted molar refractivity (Wildman–Crippen MR) is 120 cm³/mol. The number of nitrogens with zero attached hydrogens (tertiary/aromatic N) is 2. The average Bonchev–Trinajstić information content (AvgIpc) is 2.76. The zero-order chi connectivity index (χ0) is 25.6. The van der Waals surface area contributed by atoms with Crippen molar-refractivity contribution in [2.24, 2.45) is 5.92 Å². The Bertz CT molecular complexity index is 893. The quantitative estimate of drug-likeness (QED) is 0.704. The second-order valence-corrected chi connectivity index (χ2v) is 8.55. The summed E-state index contributed by atoms with van der Waals surface area (Å²) < 4.78 is 49.0. The Morgan fingerprint density at radius 3 is 2.50 bits per heavy atom. The van der Waals surface area contributed by atoms with E-state index in [2.05, 4.69) is 5.32 Å². The first-order valence-electron chi connectivity index (χ1n) is 11.1. The van der Waals surface area contributed by atoms with E-state index in [1.165, 1.54) is 30.2 Å². The van der Waals surface area contributed by atoms with Gasteiger partial charge in [0.25, 0.3) is 5.91 Å². The van der Waals surface area contributed by atoms with E-state index in [-0.39, 0.29) is 54.1 Å². The van der Waals surface area contributed by atoms with E-state index in [9.17, 15) is 27.6 Å². The monoisotopic (exact) mass is 487 g/mol. The van der Waals surface area contributed by atoms with Crippen LogP contribution in [0.5, 0.6) is 5.75 Å². The van der Waals surface area contributed by atoms with E-state index in [1.807, 2.05) is 13.8 Å². The summed E-state index contributed by atoms with van der Waals surface area (Å²) in [6.45, 7) is 6.29. The summed E-state index contributed by atoms with van der Waals surface area (Å²) in [7, 11) is 3.11. The van der Waals surface area contributed by atoms with Crippen molar-refractivity contribution in [2.45, 2.75) is 51.9 Å². The lowest BCUT2D eigenvalue weighted by Crippen LogP contribution is -2.48. The molecule has 190 valence electrons. The first-order chi connectivity index (χ1) is 15.9. The molecule has 1 aliphatic heterocycles. The van der Waals surface area contributed by atoms with E-state index in [4.69, 9.17) is 9.47 Å². The first kappa shape index (κ1) is 27.4. The van der Waals surface area contributed by atoms with Gasteiger partial charge in [-0.15, -0.1) is 0 Å². The van der Waals surface area contributed by atoms with E-state index in [0.29, 0.717) is 13.0 Å². The van der Waals surface area contributed by atoms with Crippen LogP contribution in [0.15, 0.2) is 18.2 Å². The molecule has 0 spiro atoms. The highest BCUT2D eigenvalue weighted by Crippen LogP contribution is 2.27. The average molecular weight is 488 g/mol. The zero-order valence-electron chi connectivity index (χ0n) is 20.1. The molecule has 0 saturated carbocycles. The highest BCUT2D eigenvalue weighted by atomic mass is 19.4. The second kappa shape index (κ2) is 11.5. The number of carbonyl (C=O) groups is 3. The molecule has 0 unspecified atom stereocenters. The molecule has 8 nitrogen and oxygen atoms in total. The van der Waals surface area contributed by atoms with Crippen LogP contribution in [0.3, 0.4) is 0 Å². The number of methoxy groups -OCH3 is 1. The van der Waals surface area contributed by atoms with Gasteiger partial charge < -0.3 is 24.6 Å². The Kier molecular flexibility index (Phi) is 9.31. The number of rotatable bonds is 4. The van der Waals surface area contributed by atoms with Crippen molar-refractivity contribution in [3.63, 3.8) is 0 Å². The smallest absolute Gasteiger partial charge is 0.397 e. The Morgan fingerprint density at radius 1 is 1.24 bits per heavy atom. The number of alkyl halides is 3. The van der Waals surface area contributed by atoms with Gasteiger partial charge in [-0.3, -0.25) is 14.4 Å². The fraction of sp³-hybridized carbons (Fsp3) is 0.609. The molecule has 11 heteroatoms. The lowest BCUT2D eigenvalue weighted by atomic mass is 10.0. The summed E-state index contributed by atoms with van der Waals surface area (Å²) in [6, 6.07) is 3.77. The number of fused-ring (bicyclic) bond motifs is 1. The third-order valence-corrected chi connectivity index (χ3v) is 5.71. The van der Waals surface area contributed by atoms with E-state index in [0.717, 1.165) is 0 Å². The van der Waals surface area contributed by atoms with Crippen LogP contribution in [0.25, 0.3) is 0 Å². The molecule has 2 rings (SSSR count). The summed E-state index contributed by atoms with van der Waals surface area (Å²) in [5.74, 6) is -1.61. The summed E-state index contributed by atoms with van der Waals surface area (Å²) >= 11 is 0. The van der Waals surface area contributed by atoms with Crippen LogP contribution in [0.4, 0.5) is 18.9 Å². The summed E-state index contributed by atoms with van der Waals surface area (Å²) in [5, 5.41) is 2.17. The van der Waals surface area contributed by atoms with Crippen molar-refractivity contribution in [3.05, 3.63) is 23.8 Å². The number of carbonyl (C=O) groups excluding carboxylic acids is 3. The number of halogens is 3. The molecule has 1 N–H and O–H groups in total. The van der Waals surface area contributed by atoms with Crippen molar-refractivity contribution < 1.29 is 37.0 Å². The fourth-order valence-electron chi connectivity index (χ4n) is 3.79. The third kappa shape index (κ3) is 7.34. The van der Waals surface area contributed by atoms with Crippen molar-refractivity contribution in [1.29, 1.82) is 0 Å². The topological polar surface area (TPSA) is 88.2 Å². The largest absolute Gasteiger partial charge is 0.491 e. The van der Waals surface area contributed by atoms with Crippen LogP contribution >= 0.6 is 0 Å². The zero-order valence-corrected chi connectivity index (χ0v) is 20.1. The van der Waals surface area contributed by atoms with Crippen LogP contribution in [0.1, 0.15) is 44.0 Å². The minimum absolute atomic E-state index is 0.0396. The Labute approximate surface area is 197 Å². The van der Waals surface area contributed by atoms with Crippen molar-refractivity contribution in [3.8, 4) is 5.75 Å². The van der Waals surface area contributed by atoms with Gasteiger partial charge in [0.2, 0.25) is 11.8 Å². The third-order valence-electron chi connectivity index (χ3n) is 5.71. The standard InChI is InChI=1S/C23H32F3N3O5/c1-6-21(31)29-11-14(2)19(33-5)12-28(4)22(32)17-9-16(27-20(30)10-23(24,25)26)7-8-18(17)34-13-15(29)3/h7-9,14-15,19H,6,10-13H2,1-5H3,(H,27,30)/t14-,15+,19-/m0/s1. The number of hydrogen-bond acceptors (Lipinski definition) is 5. The van der Waals surface area contributed by atoms with Gasteiger partial charge in [-0.05, 0) is 25.1 Å². The number of amides is 3. The molecule has 0 saturated heterocycles. The number of nitrogens with one attached hydrogen (secondary N) is 1. The SMILES string of the molecule is CCC(=O)N1C[C@H](C)[C@@H](OC)CN(C)C(=O)c2cc(NC(=O)CC(F)(F)F)ccc2OC[C@H]1C. The lowest BCUT2D eigenvalue weighted by Gasteiger charge is -2.36. The molecule has 1 heterocycles. The first-order valence-corrected chi connectivity index (χ1v) is 11.1. The van der Waals surface area contributed by atoms with Gasteiger partial charge >= 0.3 is 6.18 Å². The molecular formula is C23H32F3N3O5. The maximum Gasteiger partial charge on any atom is 0.397 e. The Balaban J connectivity index is 2.41. The summed E-state index contributed by atoms with van der Waals surface area (Å²) in [5.41, 5.74) is 0.119. The van der Waals surface area contributed by atoms with Gasteiger partial charge in [0.15, 0.2) is 0 Å². The number of benzene rings is 1. The number of likely N-dealkylation sites (N-methyl/N-ethyl adjacent to an activating group) is 1. The molecular weight excluding hydrogens is 455 g/mol. The molecule has 1 aromatic rings. The van der Waals surface area contributed by atoms with Gasteiger partial charge in [-0.25, -0.2) is 0 Å². The van der Waals surface area contributed by atoms with Crippen LogP contribution in [0, 0.1) is 5.92 Å². The van der Waals surface area contributed by atoms with Crippen LogP contribution in [0.2, 0.25) is 0 Å². The highest BCUT2D eigenvalue weighted by Gasteiger charge is 2.32. The van der Waals surface area contributed by atoms with E-state index in [1.54, 1.807) is 18.9 Å². The minimum atomic E-state index is -4.65. The van der Waals surface area contributed by atoms with Crippen molar-refractivity contribution in [2.75, 3.05) is 39.2 Å². The molecule has 0 aliphatic carbocycles. The molecule has 3 amide bonds. The Hall–Kier alpha value is -2.82. The summed E-state index contributed by atoms with van der Waals surface area (Å²) in [6.07, 6.45) is -6.33. The molecule has 1 aliphatic rings. The molecule has 34 heavy (non-hydrogen) atoms. The fourth-order valence-corrected chi connectivity index (χ4v) is 3.79. The van der Waals surface area contributed by atoms with E-state index < -0.39 is 24.4 Å². The van der Waals surface area contributed by atoms with Crippen molar-refractivity contribution >= 4 is 23.4 Å². The highest BCUT2D eigenvalue weighted by molar-refractivity contribution is 5.99. The molecule has 0 fully saturated rings. The maximum absolute atomic E-state index is 13.2. The molecule has 0 bridgehead atoms. The number of anilines is 1. The van der Waals surface area contributed by atoms with Crippen LogP contribution in [-0.2, 0) is 14.3 Å². The second-order valence-electron chi connectivity index (χ2n) is 8.55. The van der Waals surface area contributed by atoms with Crippen LogP contribution < -0.4 is 10.1 Å². The number of hydrogen-bond donors (Lipinski definition) is 1. The molecule has 0 radical (unpaired) electrons. The molecule has 3 atom stereocenters. The van der Waals surface area contributed by atoms with Gasteiger partial charge in [0.1, 0.15) is 18.8 Å². The van der Waals surface area contributed by atoms with Gasteiger partial charge in [0, 0.05) is 45.3 Å². The Morgan fingerprint density at radius 2 is 1.91 bits per heavy atom. The van der Waals surface area contributed by atoms with Gasteiger partial charge in [-0.2, -0.15) is 13.2 Å². The maximum atomic E-state index is 13.2. The minimum Gasteiger partial charge on any atom is -0.491 e. The van der Waals surface area contributed by atoms with Crippen molar-refractivity contribution in [1.82, 2.24) is 9.80 Å². The normalized spacial score (nSPS) is 22.2. The van der Waals surface area contributed by atoms with Gasteiger partial charge in [0.05, 0.1) is 17.7 Å². The summed E-state index contributed by atoms with van der Waals surface area (Å²) in [4.78, 5) is 40.7. The molecule has 0 aromatic heterocycles.